The van der Waals surface area contributed by atoms with E-state index in [9.17, 15) is 0 Å². The molecule has 0 N–H and O–H groups in total. The topological polar surface area (TPSA) is 12.9 Å². The first kappa shape index (κ1) is 12.6. The van der Waals surface area contributed by atoms with Crippen LogP contribution >= 0.6 is 0 Å². The number of pyridine rings is 1. The number of hydrogen-bond acceptors (Lipinski definition) is 1. The summed E-state index contributed by atoms with van der Waals surface area (Å²) >= 11 is 0. The average molecular weight is 237 g/mol. The Balaban J connectivity index is 2.16. The van der Waals surface area contributed by atoms with Gasteiger partial charge >= 0.3 is 0 Å². The second-order valence-electron chi connectivity index (χ2n) is 4.58. The zero-order chi connectivity index (χ0) is 12.8. The van der Waals surface area contributed by atoms with Crippen molar-refractivity contribution in [2.24, 2.45) is 0 Å². The summed E-state index contributed by atoms with van der Waals surface area (Å²) in [5.41, 5.74) is 5.37. The Labute approximate surface area is 109 Å². The van der Waals surface area contributed by atoms with Gasteiger partial charge in [-0.1, -0.05) is 48.9 Å². The van der Waals surface area contributed by atoms with Crippen LogP contribution in [-0.4, -0.2) is 4.98 Å². The van der Waals surface area contributed by atoms with Crippen LogP contribution in [0.5, 0.6) is 0 Å². The van der Waals surface area contributed by atoms with Gasteiger partial charge in [-0.3, -0.25) is 4.98 Å². The van der Waals surface area contributed by atoms with Crippen molar-refractivity contribution in [3.8, 4) is 0 Å². The smallest absolute Gasteiger partial charge is 0.0302 e. The van der Waals surface area contributed by atoms with E-state index < -0.39 is 0 Å². The van der Waals surface area contributed by atoms with Gasteiger partial charge < -0.3 is 0 Å². The molecule has 0 saturated heterocycles. The Morgan fingerprint density at radius 2 is 1.89 bits per heavy atom. The summed E-state index contributed by atoms with van der Waals surface area (Å²) in [5, 5.41) is 0. The molecular weight excluding hydrogens is 218 g/mol. The number of allylic oxidation sites excluding steroid dienone is 1. The molecule has 0 unspecified atom stereocenters. The van der Waals surface area contributed by atoms with Crippen molar-refractivity contribution in [3.63, 3.8) is 0 Å². The zero-order valence-electron chi connectivity index (χ0n) is 11.1. The molecule has 0 bridgehead atoms. The van der Waals surface area contributed by atoms with Crippen LogP contribution in [0.4, 0.5) is 0 Å². The highest BCUT2D eigenvalue weighted by Gasteiger charge is 2.01. The Bertz CT molecular complexity index is 526. The summed E-state index contributed by atoms with van der Waals surface area (Å²) in [6, 6.07) is 12.6. The molecule has 18 heavy (non-hydrogen) atoms. The lowest BCUT2D eigenvalue weighted by Gasteiger charge is -2.07. The normalized spacial score (nSPS) is 11.6. The van der Waals surface area contributed by atoms with E-state index in [0.717, 1.165) is 12.8 Å². The summed E-state index contributed by atoms with van der Waals surface area (Å²) in [6.45, 7) is 4.36. The summed E-state index contributed by atoms with van der Waals surface area (Å²) in [6.07, 6.45) is 8.15. The van der Waals surface area contributed by atoms with Crippen LogP contribution in [-0.2, 0) is 12.8 Å². The predicted octanol–water partition coefficient (Wildman–Crippen LogP) is 4.29. The van der Waals surface area contributed by atoms with Gasteiger partial charge in [0.1, 0.15) is 0 Å². The van der Waals surface area contributed by atoms with Gasteiger partial charge in [-0.05, 0) is 42.5 Å². The molecule has 1 heterocycles. The Kier molecular flexibility index (Phi) is 4.30. The van der Waals surface area contributed by atoms with Crippen molar-refractivity contribution in [2.75, 3.05) is 0 Å². The minimum Gasteiger partial charge on any atom is -0.264 e. The molecular formula is C17H19N. The molecule has 0 aliphatic heterocycles. The molecule has 0 saturated carbocycles. The SMILES string of the molecule is CCc1cnccc1C/C(C)=C\c1ccccc1. The number of rotatable bonds is 4. The molecule has 1 heteroatoms. The molecule has 2 aromatic rings. The van der Waals surface area contributed by atoms with Crippen LogP contribution < -0.4 is 0 Å². The van der Waals surface area contributed by atoms with E-state index in [2.05, 4.69) is 55.2 Å². The molecule has 0 spiro atoms. The maximum Gasteiger partial charge on any atom is 0.0302 e. The van der Waals surface area contributed by atoms with Gasteiger partial charge in [0, 0.05) is 12.4 Å². The van der Waals surface area contributed by atoms with Gasteiger partial charge in [-0.25, -0.2) is 0 Å². The van der Waals surface area contributed by atoms with E-state index in [4.69, 9.17) is 0 Å². The van der Waals surface area contributed by atoms with E-state index in [1.54, 1.807) is 0 Å². The van der Waals surface area contributed by atoms with Gasteiger partial charge in [0.25, 0.3) is 0 Å². The van der Waals surface area contributed by atoms with Crippen molar-refractivity contribution in [3.05, 3.63) is 71.1 Å². The van der Waals surface area contributed by atoms with Crippen LogP contribution in [0.2, 0.25) is 0 Å². The third-order valence-corrected chi connectivity index (χ3v) is 3.07. The van der Waals surface area contributed by atoms with Crippen LogP contribution in [0.1, 0.15) is 30.5 Å². The summed E-state index contributed by atoms with van der Waals surface area (Å²) in [4.78, 5) is 4.19. The Hall–Kier alpha value is -1.89. The molecule has 1 aromatic carbocycles. The van der Waals surface area contributed by atoms with E-state index in [1.165, 1.54) is 22.3 Å². The number of nitrogens with zero attached hydrogens (tertiary/aromatic N) is 1. The first-order valence-electron chi connectivity index (χ1n) is 6.43. The monoisotopic (exact) mass is 237 g/mol. The van der Waals surface area contributed by atoms with Crippen LogP contribution in [0.25, 0.3) is 6.08 Å². The quantitative estimate of drug-likeness (QED) is 0.773. The summed E-state index contributed by atoms with van der Waals surface area (Å²) in [5.74, 6) is 0. The van der Waals surface area contributed by atoms with E-state index in [0.29, 0.717) is 0 Å². The van der Waals surface area contributed by atoms with Crippen molar-refractivity contribution < 1.29 is 0 Å². The lowest BCUT2D eigenvalue weighted by molar-refractivity contribution is 1.02. The van der Waals surface area contributed by atoms with E-state index in [1.807, 2.05) is 18.5 Å². The Morgan fingerprint density at radius 1 is 1.11 bits per heavy atom. The third-order valence-electron chi connectivity index (χ3n) is 3.07. The molecule has 0 radical (unpaired) electrons. The zero-order valence-corrected chi connectivity index (χ0v) is 11.1. The number of hydrogen-bond donors (Lipinski definition) is 0. The maximum absolute atomic E-state index is 4.19. The molecule has 0 aliphatic carbocycles. The fourth-order valence-corrected chi connectivity index (χ4v) is 2.13. The fraction of sp³-hybridized carbons (Fsp3) is 0.235. The van der Waals surface area contributed by atoms with Crippen LogP contribution in [0, 0.1) is 0 Å². The van der Waals surface area contributed by atoms with Gasteiger partial charge in [0.15, 0.2) is 0 Å². The lowest BCUT2D eigenvalue weighted by Crippen LogP contribution is -1.95. The standard InChI is InChI=1S/C17H19N/c1-3-16-13-18-10-9-17(16)12-14(2)11-15-7-5-4-6-8-15/h4-11,13H,3,12H2,1-2H3/b14-11-. The molecule has 0 fully saturated rings. The van der Waals surface area contributed by atoms with Crippen LogP contribution in [0.15, 0.2) is 54.4 Å². The molecule has 0 amide bonds. The Morgan fingerprint density at radius 3 is 2.61 bits per heavy atom. The van der Waals surface area contributed by atoms with Crippen molar-refractivity contribution in [1.82, 2.24) is 4.98 Å². The average Bonchev–Trinajstić information content (AvgIpc) is 2.40. The lowest BCUT2D eigenvalue weighted by atomic mass is 10.00. The van der Waals surface area contributed by atoms with E-state index in [-0.39, 0.29) is 0 Å². The van der Waals surface area contributed by atoms with Gasteiger partial charge in [0.05, 0.1) is 0 Å². The fourth-order valence-electron chi connectivity index (χ4n) is 2.13. The predicted molar refractivity (Wildman–Crippen MR) is 77.4 cm³/mol. The van der Waals surface area contributed by atoms with Crippen molar-refractivity contribution in [1.29, 1.82) is 0 Å². The minimum absolute atomic E-state index is 1.00. The minimum atomic E-state index is 1.00. The highest BCUT2D eigenvalue weighted by atomic mass is 14.6. The second kappa shape index (κ2) is 6.15. The van der Waals surface area contributed by atoms with Gasteiger partial charge in [-0.2, -0.15) is 0 Å². The molecule has 2 rings (SSSR count). The summed E-state index contributed by atoms with van der Waals surface area (Å²) < 4.78 is 0. The highest BCUT2D eigenvalue weighted by molar-refractivity contribution is 5.53. The van der Waals surface area contributed by atoms with Crippen molar-refractivity contribution in [2.45, 2.75) is 26.7 Å². The highest BCUT2D eigenvalue weighted by Crippen LogP contribution is 2.15. The van der Waals surface area contributed by atoms with E-state index >= 15 is 0 Å². The first-order valence-corrected chi connectivity index (χ1v) is 6.43. The molecule has 1 aromatic heterocycles. The molecule has 0 atom stereocenters. The summed E-state index contributed by atoms with van der Waals surface area (Å²) in [7, 11) is 0. The number of benzene rings is 1. The molecule has 92 valence electrons. The maximum atomic E-state index is 4.19. The number of aryl methyl sites for hydroxylation is 1. The molecule has 0 aliphatic rings. The second-order valence-corrected chi connectivity index (χ2v) is 4.58. The van der Waals surface area contributed by atoms with Gasteiger partial charge in [-0.15, -0.1) is 0 Å². The van der Waals surface area contributed by atoms with Crippen molar-refractivity contribution >= 4 is 6.08 Å². The van der Waals surface area contributed by atoms with Gasteiger partial charge in [0.2, 0.25) is 0 Å². The van der Waals surface area contributed by atoms with Crippen LogP contribution in [0.3, 0.4) is 0 Å². The number of aromatic nitrogens is 1. The largest absolute Gasteiger partial charge is 0.264 e. The third kappa shape index (κ3) is 3.30. The molecule has 1 nitrogen and oxygen atoms in total. The first-order chi connectivity index (χ1) is 8.79.